The molecule has 2 heterocycles. The number of hydrogen-bond acceptors (Lipinski definition) is 4. The molecule has 1 aliphatic heterocycles. The summed E-state index contributed by atoms with van der Waals surface area (Å²) in [7, 11) is 3.41. The van der Waals surface area contributed by atoms with Crippen molar-refractivity contribution in [1.82, 2.24) is 9.47 Å². The average Bonchev–Trinajstić information content (AvgIpc) is 3.06. The molecule has 1 aromatic carbocycles. The van der Waals surface area contributed by atoms with Crippen LogP contribution in [0.5, 0.6) is 0 Å². The van der Waals surface area contributed by atoms with Gasteiger partial charge in [-0.05, 0) is 42.7 Å². The van der Waals surface area contributed by atoms with Crippen molar-refractivity contribution in [3.05, 3.63) is 35.0 Å². The largest absolute Gasteiger partial charge is 0.468 e. The SMILES string of the molecule is COC(=O)C(N)Cc1cn(C)c2cc3c(cc12)CN(C(C)C)C3. The molecule has 2 aromatic rings. The number of fused-ring (bicyclic) bond motifs is 2. The highest BCUT2D eigenvalue weighted by Gasteiger charge is 2.24. The third-order valence-electron chi connectivity index (χ3n) is 4.81. The van der Waals surface area contributed by atoms with Crippen LogP contribution in [0, 0.1) is 0 Å². The standard InChI is InChI=1S/C18H25N3O2/c1-11(2)21-9-12-5-15-14(6-16(19)18(22)23-4)8-20(3)17(15)7-13(12)10-21/h5,7-8,11,16H,6,9-10,19H2,1-4H3. The Kier molecular flexibility index (Phi) is 4.17. The first kappa shape index (κ1) is 16.0. The van der Waals surface area contributed by atoms with Crippen molar-refractivity contribution in [2.24, 2.45) is 12.8 Å². The van der Waals surface area contributed by atoms with Gasteiger partial charge in [0.05, 0.1) is 7.11 Å². The van der Waals surface area contributed by atoms with E-state index in [4.69, 9.17) is 10.5 Å². The van der Waals surface area contributed by atoms with E-state index in [0.717, 1.165) is 18.7 Å². The van der Waals surface area contributed by atoms with Crippen molar-refractivity contribution in [1.29, 1.82) is 0 Å². The first-order valence-electron chi connectivity index (χ1n) is 8.08. The van der Waals surface area contributed by atoms with Crippen molar-refractivity contribution in [3.63, 3.8) is 0 Å². The van der Waals surface area contributed by atoms with E-state index in [1.165, 1.54) is 29.1 Å². The minimum absolute atomic E-state index is 0.367. The summed E-state index contributed by atoms with van der Waals surface area (Å²) in [5.74, 6) is -0.367. The number of aryl methyl sites for hydroxylation is 1. The Morgan fingerprint density at radius 1 is 1.30 bits per heavy atom. The maximum atomic E-state index is 11.6. The summed E-state index contributed by atoms with van der Waals surface area (Å²) in [6.07, 6.45) is 2.57. The second-order valence-corrected chi connectivity index (χ2v) is 6.74. The van der Waals surface area contributed by atoms with Crippen LogP contribution in [-0.4, -0.2) is 34.6 Å². The second kappa shape index (κ2) is 5.98. The van der Waals surface area contributed by atoms with Crippen molar-refractivity contribution >= 4 is 16.9 Å². The van der Waals surface area contributed by atoms with Gasteiger partial charge in [-0.1, -0.05) is 0 Å². The van der Waals surface area contributed by atoms with Gasteiger partial charge < -0.3 is 15.0 Å². The number of methoxy groups -OCH3 is 1. The molecule has 0 aliphatic carbocycles. The van der Waals surface area contributed by atoms with Crippen molar-refractivity contribution in [2.75, 3.05) is 7.11 Å². The summed E-state index contributed by atoms with van der Waals surface area (Å²) in [6.45, 7) is 6.45. The predicted molar refractivity (Wildman–Crippen MR) is 91.0 cm³/mol. The van der Waals surface area contributed by atoms with Crippen LogP contribution in [-0.2, 0) is 36.1 Å². The molecule has 3 rings (SSSR count). The van der Waals surface area contributed by atoms with E-state index in [1.807, 2.05) is 7.05 Å². The number of nitrogens with zero attached hydrogens (tertiary/aromatic N) is 2. The van der Waals surface area contributed by atoms with Gasteiger partial charge in [0.1, 0.15) is 6.04 Å². The lowest BCUT2D eigenvalue weighted by Crippen LogP contribution is -2.33. The fourth-order valence-electron chi connectivity index (χ4n) is 3.39. The van der Waals surface area contributed by atoms with Gasteiger partial charge in [-0.15, -0.1) is 0 Å². The van der Waals surface area contributed by atoms with E-state index >= 15 is 0 Å². The number of hydrogen-bond donors (Lipinski definition) is 1. The van der Waals surface area contributed by atoms with Crippen molar-refractivity contribution in [2.45, 2.75) is 45.4 Å². The Balaban J connectivity index is 1.97. The topological polar surface area (TPSA) is 60.5 Å². The molecule has 2 N–H and O–H groups in total. The summed E-state index contributed by atoms with van der Waals surface area (Å²) in [5, 5.41) is 1.19. The van der Waals surface area contributed by atoms with Gasteiger partial charge in [0.25, 0.3) is 0 Å². The van der Waals surface area contributed by atoms with Gasteiger partial charge in [-0.3, -0.25) is 9.69 Å². The van der Waals surface area contributed by atoms with Crippen LogP contribution in [0.4, 0.5) is 0 Å². The number of nitrogens with two attached hydrogens (primary N) is 1. The van der Waals surface area contributed by atoms with Crippen LogP contribution in [0.25, 0.3) is 10.9 Å². The molecule has 0 bridgehead atoms. The zero-order valence-electron chi connectivity index (χ0n) is 14.3. The fourth-order valence-corrected chi connectivity index (χ4v) is 3.39. The minimum Gasteiger partial charge on any atom is -0.468 e. The summed E-state index contributed by atoms with van der Waals surface area (Å²) in [4.78, 5) is 14.1. The number of esters is 1. The lowest BCUT2D eigenvalue weighted by atomic mass is 10.0. The summed E-state index contributed by atoms with van der Waals surface area (Å²) >= 11 is 0. The number of aromatic nitrogens is 1. The van der Waals surface area contributed by atoms with Crippen molar-refractivity contribution in [3.8, 4) is 0 Å². The number of rotatable bonds is 4. The molecule has 0 amide bonds. The molecular weight excluding hydrogens is 290 g/mol. The Hall–Kier alpha value is -1.85. The van der Waals surface area contributed by atoms with Crippen LogP contribution in [0.1, 0.15) is 30.5 Å². The molecule has 0 radical (unpaired) electrons. The Bertz CT molecular complexity index is 748. The van der Waals surface area contributed by atoms with Crippen LogP contribution < -0.4 is 5.73 Å². The van der Waals surface area contributed by atoms with Gasteiger partial charge in [0.15, 0.2) is 0 Å². The summed E-state index contributed by atoms with van der Waals surface area (Å²) in [5.41, 5.74) is 11.0. The highest BCUT2D eigenvalue weighted by Crippen LogP contribution is 2.31. The fraction of sp³-hybridized carbons (Fsp3) is 0.500. The first-order chi connectivity index (χ1) is 10.9. The van der Waals surface area contributed by atoms with Crippen LogP contribution >= 0.6 is 0 Å². The maximum absolute atomic E-state index is 11.6. The smallest absolute Gasteiger partial charge is 0.322 e. The quantitative estimate of drug-likeness (QED) is 0.876. The predicted octanol–water partition coefficient (Wildman–Crippen LogP) is 1.95. The number of carbonyl (C=O) groups is 1. The molecule has 0 saturated heterocycles. The lowest BCUT2D eigenvalue weighted by Gasteiger charge is -2.18. The molecular formula is C18H25N3O2. The van der Waals surface area contributed by atoms with Crippen LogP contribution in [0.15, 0.2) is 18.3 Å². The lowest BCUT2D eigenvalue weighted by molar-refractivity contribution is -0.142. The number of benzene rings is 1. The molecule has 0 saturated carbocycles. The number of carbonyl (C=O) groups excluding carboxylic acids is 1. The van der Waals surface area contributed by atoms with Gasteiger partial charge in [-0.2, -0.15) is 0 Å². The first-order valence-corrected chi connectivity index (χ1v) is 8.08. The molecule has 23 heavy (non-hydrogen) atoms. The molecule has 5 heteroatoms. The Morgan fingerprint density at radius 2 is 1.96 bits per heavy atom. The van der Waals surface area contributed by atoms with E-state index in [2.05, 4.69) is 41.6 Å². The minimum atomic E-state index is -0.619. The van der Waals surface area contributed by atoms with E-state index < -0.39 is 6.04 Å². The summed E-state index contributed by atoms with van der Waals surface area (Å²) < 4.78 is 6.86. The highest BCUT2D eigenvalue weighted by molar-refractivity contribution is 5.87. The third-order valence-corrected chi connectivity index (χ3v) is 4.81. The van der Waals surface area contributed by atoms with E-state index in [9.17, 15) is 4.79 Å². The third kappa shape index (κ3) is 2.86. The van der Waals surface area contributed by atoms with Gasteiger partial charge >= 0.3 is 5.97 Å². The average molecular weight is 315 g/mol. The zero-order valence-corrected chi connectivity index (χ0v) is 14.3. The molecule has 1 atom stereocenters. The Morgan fingerprint density at radius 3 is 2.57 bits per heavy atom. The van der Waals surface area contributed by atoms with Gasteiger partial charge in [0.2, 0.25) is 0 Å². The molecule has 5 nitrogen and oxygen atoms in total. The molecule has 0 fully saturated rings. The van der Waals surface area contributed by atoms with E-state index in [0.29, 0.717) is 12.5 Å². The second-order valence-electron chi connectivity index (χ2n) is 6.74. The molecule has 1 aliphatic rings. The molecule has 0 spiro atoms. The maximum Gasteiger partial charge on any atom is 0.322 e. The van der Waals surface area contributed by atoms with Gasteiger partial charge in [0, 0.05) is 49.7 Å². The Labute approximate surface area is 137 Å². The van der Waals surface area contributed by atoms with Gasteiger partial charge in [-0.25, -0.2) is 0 Å². The highest BCUT2D eigenvalue weighted by atomic mass is 16.5. The van der Waals surface area contributed by atoms with Crippen LogP contribution in [0.2, 0.25) is 0 Å². The van der Waals surface area contributed by atoms with Crippen LogP contribution in [0.3, 0.4) is 0 Å². The molecule has 1 unspecified atom stereocenters. The molecule has 1 aromatic heterocycles. The zero-order chi connectivity index (χ0) is 16.7. The normalized spacial score (nSPS) is 16.1. The number of ether oxygens (including phenoxy) is 1. The van der Waals surface area contributed by atoms with E-state index in [-0.39, 0.29) is 5.97 Å². The van der Waals surface area contributed by atoms with Crippen molar-refractivity contribution < 1.29 is 9.53 Å². The molecule has 124 valence electrons. The summed E-state index contributed by atoms with van der Waals surface area (Å²) in [6, 6.07) is 4.47. The monoisotopic (exact) mass is 315 g/mol. The van der Waals surface area contributed by atoms with E-state index in [1.54, 1.807) is 0 Å².